The van der Waals surface area contributed by atoms with Crippen LogP contribution in [0.1, 0.15) is 11.5 Å². The second-order valence-corrected chi connectivity index (χ2v) is 8.04. The number of hydrogen-bond donors (Lipinski definition) is 1. The summed E-state index contributed by atoms with van der Waals surface area (Å²) in [5.74, 6) is -0.535. The van der Waals surface area contributed by atoms with Crippen LogP contribution < -0.4 is 10.5 Å². The van der Waals surface area contributed by atoms with Crippen molar-refractivity contribution < 1.29 is 17.5 Å². The molecule has 134 valence electrons. The molecule has 5 nitrogen and oxygen atoms in total. The first-order valence-corrected chi connectivity index (χ1v) is 9.50. The standard InChI is InChI=1S/C18H21FN2O3S/c1-24-15-7-8-18(17(19)9-15)25(22,23)21-11-14(10-20)16(12-21)13-5-3-2-4-6-13/h2-9,14,16H,10-12,20H2,1H3/t14-,16+/m1/s1. The Bertz CT molecular complexity index is 843. The van der Waals surface area contributed by atoms with Crippen LogP contribution in [-0.4, -0.2) is 39.5 Å². The fourth-order valence-electron chi connectivity index (χ4n) is 3.30. The third-order valence-electron chi connectivity index (χ3n) is 4.69. The molecule has 2 atom stereocenters. The summed E-state index contributed by atoms with van der Waals surface area (Å²) >= 11 is 0. The average Bonchev–Trinajstić information content (AvgIpc) is 3.07. The molecule has 1 aliphatic rings. The van der Waals surface area contributed by atoms with Crippen LogP contribution in [0.4, 0.5) is 4.39 Å². The molecule has 0 bridgehead atoms. The monoisotopic (exact) mass is 364 g/mol. The molecule has 3 rings (SSSR count). The molecule has 2 N–H and O–H groups in total. The molecule has 1 saturated heterocycles. The molecule has 0 amide bonds. The van der Waals surface area contributed by atoms with Crippen molar-refractivity contribution >= 4 is 10.0 Å². The number of nitrogens with two attached hydrogens (primary N) is 1. The Morgan fingerprint density at radius 3 is 2.52 bits per heavy atom. The van der Waals surface area contributed by atoms with E-state index in [1.54, 1.807) is 0 Å². The number of rotatable bonds is 5. The van der Waals surface area contributed by atoms with Crippen LogP contribution in [0.3, 0.4) is 0 Å². The fourth-order valence-corrected chi connectivity index (χ4v) is 4.87. The molecule has 1 fully saturated rings. The SMILES string of the molecule is COc1ccc(S(=O)(=O)N2C[C@@H](CN)[C@H](c3ccccc3)C2)c(F)c1. The van der Waals surface area contributed by atoms with Gasteiger partial charge in [0.15, 0.2) is 0 Å². The summed E-state index contributed by atoms with van der Waals surface area (Å²) in [7, 11) is -2.53. The minimum atomic E-state index is -3.93. The van der Waals surface area contributed by atoms with Gasteiger partial charge in [-0.3, -0.25) is 0 Å². The van der Waals surface area contributed by atoms with Gasteiger partial charge in [-0.05, 0) is 30.2 Å². The Morgan fingerprint density at radius 2 is 1.92 bits per heavy atom. The van der Waals surface area contributed by atoms with Gasteiger partial charge in [0.2, 0.25) is 10.0 Å². The van der Waals surface area contributed by atoms with E-state index >= 15 is 0 Å². The van der Waals surface area contributed by atoms with Gasteiger partial charge in [0.05, 0.1) is 7.11 Å². The molecule has 2 aromatic carbocycles. The van der Waals surface area contributed by atoms with Crippen molar-refractivity contribution in [3.05, 3.63) is 59.9 Å². The third kappa shape index (κ3) is 3.40. The number of methoxy groups -OCH3 is 1. The number of ether oxygens (including phenoxy) is 1. The van der Waals surface area contributed by atoms with Gasteiger partial charge in [-0.15, -0.1) is 0 Å². The minimum Gasteiger partial charge on any atom is -0.497 e. The third-order valence-corrected chi connectivity index (χ3v) is 6.56. The molecule has 1 aliphatic heterocycles. The van der Waals surface area contributed by atoms with Crippen LogP contribution in [0.25, 0.3) is 0 Å². The highest BCUT2D eigenvalue weighted by Crippen LogP contribution is 2.35. The van der Waals surface area contributed by atoms with Crippen LogP contribution in [0.5, 0.6) is 5.75 Å². The molecule has 0 aromatic heterocycles. The molecule has 0 radical (unpaired) electrons. The van der Waals surface area contributed by atoms with Crippen molar-refractivity contribution in [1.82, 2.24) is 4.31 Å². The van der Waals surface area contributed by atoms with Crippen LogP contribution in [0.2, 0.25) is 0 Å². The van der Waals surface area contributed by atoms with E-state index in [0.29, 0.717) is 13.1 Å². The van der Waals surface area contributed by atoms with Gasteiger partial charge in [0, 0.05) is 25.1 Å². The van der Waals surface area contributed by atoms with E-state index in [-0.39, 0.29) is 29.0 Å². The Balaban J connectivity index is 1.91. The summed E-state index contributed by atoms with van der Waals surface area (Å²) in [5.41, 5.74) is 6.91. The molecule has 2 aromatic rings. The predicted octanol–water partition coefficient (Wildman–Crippen LogP) is 2.20. The zero-order chi connectivity index (χ0) is 18.0. The average molecular weight is 364 g/mol. The first-order chi connectivity index (χ1) is 12.0. The summed E-state index contributed by atoms with van der Waals surface area (Å²) in [6.07, 6.45) is 0. The van der Waals surface area contributed by atoms with Crippen LogP contribution in [0.15, 0.2) is 53.4 Å². The topological polar surface area (TPSA) is 72.6 Å². The highest BCUT2D eigenvalue weighted by molar-refractivity contribution is 7.89. The Morgan fingerprint density at radius 1 is 1.20 bits per heavy atom. The van der Waals surface area contributed by atoms with Crippen LogP contribution in [-0.2, 0) is 10.0 Å². The van der Waals surface area contributed by atoms with E-state index in [2.05, 4.69) is 0 Å². The fraction of sp³-hybridized carbons (Fsp3) is 0.333. The number of benzene rings is 2. The lowest BCUT2D eigenvalue weighted by atomic mass is 9.89. The van der Waals surface area contributed by atoms with Gasteiger partial charge >= 0.3 is 0 Å². The number of sulfonamides is 1. The van der Waals surface area contributed by atoms with Crippen molar-refractivity contribution in [3.63, 3.8) is 0 Å². The summed E-state index contributed by atoms with van der Waals surface area (Å²) < 4.78 is 46.3. The number of hydrogen-bond acceptors (Lipinski definition) is 4. The molecule has 0 unspecified atom stereocenters. The van der Waals surface area contributed by atoms with Crippen molar-refractivity contribution in [3.8, 4) is 5.75 Å². The van der Waals surface area contributed by atoms with Gasteiger partial charge < -0.3 is 10.5 Å². The number of nitrogens with zero attached hydrogens (tertiary/aromatic N) is 1. The maximum absolute atomic E-state index is 14.3. The van der Waals surface area contributed by atoms with E-state index in [4.69, 9.17) is 10.5 Å². The van der Waals surface area contributed by atoms with Gasteiger partial charge in [0.25, 0.3) is 0 Å². The quantitative estimate of drug-likeness (QED) is 0.883. The molecule has 1 heterocycles. The smallest absolute Gasteiger partial charge is 0.246 e. The van der Waals surface area contributed by atoms with E-state index in [0.717, 1.165) is 11.6 Å². The van der Waals surface area contributed by atoms with Gasteiger partial charge in [-0.1, -0.05) is 30.3 Å². The lowest BCUT2D eigenvalue weighted by Crippen LogP contribution is -2.30. The van der Waals surface area contributed by atoms with E-state index in [1.165, 1.54) is 23.5 Å². The summed E-state index contributed by atoms with van der Waals surface area (Å²) in [6, 6.07) is 13.5. The first kappa shape index (κ1) is 17.8. The van der Waals surface area contributed by atoms with E-state index in [1.807, 2.05) is 30.3 Å². The lowest BCUT2D eigenvalue weighted by molar-refractivity contribution is 0.408. The molecular formula is C18H21FN2O3S. The molecule has 25 heavy (non-hydrogen) atoms. The molecule has 7 heteroatoms. The van der Waals surface area contributed by atoms with Gasteiger partial charge in [0.1, 0.15) is 16.5 Å². The molecule has 0 aliphatic carbocycles. The Hall–Kier alpha value is -1.96. The Labute approximate surface area is 147 Å². The number of halogens is 1. The van der Waals surface area contributed by atoms with Crippen molar-refractivity contribution in [2.24, 2.45) is 11.7 Å². The van der Waals surface area contributed by atoms with Crippen LogP contribution in [0, 0.1) is 11.7 Å². The minimum absolute atomic E-state index is 0.00140. The molecular weight excluding hydrogens is 343 g/mol. The van der Waals surface area contributed by atoms with Crippen molar-refractivity contribution in [2.45, 2.75) is 10.8 Å². The molecule has 0 saturated carbocycles. The maximum Gasteiger partial charge on any atom is 0.246 e. The highest BCUT2D eigenvalue weighted by Gasteiger charge is 2.40. The predicted molar refractivity (Wildman–Crippen MR) is 93.4 cm³/mol. The van der Waals surface area contributed by atoms with Gasteiger partial charge in [-0.25, -0.2) is 12.8 Å². The van der Waals surface area contributed by atoms with Gasteiger partial charge in [-0.2, -0.15) is 4.31 Å². The Kier molecular flexibility index (Phi) is 5.08. The second-order valence-electron chi connectivity index (χ2n) is 6.13. The zero-order valence-corrected chi connectivity index (χ0v) is 14.7. The lowest BCUT2D eigenvalue weighted by Gasteiger charge is -2.17. The van der Waals surface area contributed by atoms with E-state index < -0.39 is 15.8 Å². The molecule has 0 spiro atoms. The van der Waals surface area contributed by atoms with Crippen molar-refractivity contribution in [1.29, 1.82) is 0 Å². The highest BCUT2D eigenvalue weighted by atomic mass is 32.2. The maximum atomic E-state index is 14.3. The second kappa shape index (κ2) is 7.11. The largest absolute Gasteiger partial charge is 0.497 e. The summed E-state index contributed by atoms with van der Waals surface area (Å²) in [5, 5.41) is 0. The first-order valence-electron chi connectivity index (χ1n) is 8.06. The van der Waals surface area contributed by atoms with Crippen molar-refractivity contribution in [2.75, 3.05) is 26.7 Å². The summed E-state index contributed by atoms with van der Waals surface area (Å²) in [4.78, 5) is -0.335. The van der Waals surface area contributed by atoms with Crippen LogP contribution >= 0.6 is 0 Å². The normalized spacial score (nSPS) is 21.4. The van der Waals surface area contributed by atoms with E-state index in [9.17, 15) is 12.8 Å². The zero-order valence-electron chi connectivity index (χ0n) is 13.9. The summed E-state index contributed by atoms with van der Waals surface area (Å²) in [6.45, 7) is 0.945.